The average molecular weight is 351 g/mol. The summed E-state index contributed by atoms with van der Waals surface area (Å²) in [6.45, 7) is 2.98. The Kier molecular flexibility index (Phi) is 3.62. The molecule has 0 amide bonds. The van der Waals surface area contributed by atoms with Crippen molar-refractivity contribution in [3.05, 3.63) is 37.1 Å². The predicted molar refractivity (Wildman–Crippen MR) is 97.6 cm³/mol. The number of aromatic nitrogens is 5. The zero-order chi connectivity index (χ0) is 17.5. The molecule has 0 N–H and O–H groups in total. The summed E-state index contributed by atoms with van der Waals surface area (Å²) in [6, 6.07) is 4.37. The minimum atomic E-state index is 0.429. The van der Waals surface area contributed by atoms with E-state index in [9.17, 15) is 0 Å². The second-order valence-electron chi connectivity index (χ2n) is 6.87. The quantitative estimate of drug-likeness (QED) is 0.710. The number of ether oxygens (including phenoxy) is 1. The van der Waals surface area contributed by atoms with Gasteiger partial charge in [-0.25, -0.2) is 19.5 Å². The normalized spacial score (nSPS) is 22.7. The van der Waals surface area contributed by atoms with Gasteiger partial charge in [-0.05, 0) is 24.8 Å². The number of anilines is 2. The van der Waals surface area contributed by atoms with Crippen LogP contribution in [0.1, 0.15) is 12.8 Å². The maximum atomic E-state index is 5.25. The van der Waals surface area contributed by atoms with E-state index in [0.717, 1.165) is 43.2 Å². The molecular weight excluding hydrogens is 330 g/mol. The molecular formula is C18H21N7O. The van der Waals surface area contributed by atoms with Crippen LogP contribution in [0.25, 0.3) is 5.52 Å². The molecule has 2 unspecified atom stereocenters. The number of nitrogens with zero attached hydrogens (tertiary/aromatic N) is 7. The van der Waals surface area contributed by atoms with Crippen LogP contribution in [-0.4, -0.2) is 57.4 Å². The number of hydrogen-bond donors (Lipinski definition) is 0. The van der Waals surface area contributed by atoms with Crippen molar-refractivity contribution in [1.82, 2.24) is 24.6 Å². The summed E-state index contributed by atoms with van der Waals surface area (Å²) in [5, 5.41) is 4.35. The van der Waals surface area contributed by atoms with Gasteiger partial charge in [0, 0.05) is 38.1 Å². The fourth-order valence-corrected chi connectivity index (χ4v) is 4.29. The van der Waals surface area contributed by atoms with E-state index < -0.39 is 0 Å². The summed E-state index contributed by atoms with van der Waals surface area (Å²) in [7, 11) is 1.63. The Bertz CT molecular complexity index is 927. The Morgan fingerprint density at radius 2 is 2.04 bits per heavy atom. The van der Waals surface area contributed by atoms with Crippen LogP contribution >= 0.6 is 0 Å². The van der Waals surface area contributed by atoms with Gasteiger partial charge in [0.2, 0.25) is 5.88 Å². The molecule has 0 saturated carbocycles. The van der Waals surface area contributed by atoms with Crippen LogP contribution in [0.2, 0.25) is 0 Å². The first-order valence-electron chi connectivity index (χ1n) is 8.99. The molecule has 8 nitrogen and oxygen atoms in total. The lowest BCUT2D eigenvalue weighted by molar-refractivity contribution is 0.384. The number of fused-ring (bicyclic) bond motifs is 2. The van der Waals surface area contributed by atoms with Gasteiger partial charge in [0.1, 0.15) is 17.7 Å². The Morgan fingerprint density at radius 3 is 2.96 bits per heavy atom. The maximum absolute atomic E-state index is 5.25. The Labute approximate surface area is 151 Å². The second kappa shape index (κ2) is 6.12. The van der Waals surface area contributed by atoms with Gasteiger partial charge in [0.05, 0.1) is 19.3 Å². The van der Waals surface area contributed by atoms with Crippen molar-refractivity contribution >= 4 is 17.2 Å². The highest BCUT2D eigenvalue weighted by atomic mass is 16.5. The van der Waals surface area contributed by atoms with E-state index in [2.05, 4.69) is 29.9 Å². The van der Waals surface area contributed by atoms with E-state index in [0.29, 0.717) is 17.8 Å². The molecule has 0 radical (unpaired) electrons. The highest BCUT2D eigenvalue weighted by Gasteiger charge is 2.40. The highest BCUT2D eigenvalue weighted by molar-refractivity contribution is 5.69. The minimum absolute atomic E-state index is 0.429. The van der Waals surface area contributed by atoms with Crippen molar-refractivity contribution in [1.29, 1.82) is 0 Å². The van der Waals surface area contributed by atoms with Gasteiger partial charge >= 0.3 is 0 Å². The van der Waals surface area contributed by atoms with Crippen molar-refractivity contribution in [3.8, 4) is 5.88 Å². The molecule has 2 atom stereocenters. The smallest absolute Gasteiger partial charge is 0.218 e. The molecule has 5 rings (SSSR count). The van der Waals surface area contributed by atoms with E-state index in [1.54, 1.807) is 13.4 Å². The number of rotatable bonds is 3. The van der Waals surface area contributed by atoms with Crippen LogP contribution in [-0.2, 0) is 0 Å². The fraction of sp³-hybridized carbons (Fsp3) is 0.444. The molecule has 2 saturated heterocycles. The summed E-state index contributed by atoms with van der Waals surface area (Å²) in [5.41, 5.74) is 1.06. The van der Waals surface area contributed by atoms with Gasteiger partial charge in [-0.15, -0.1) is 0 Å². The van der Waals surface area contributed by atoms with Gasteiger partial charge < -0.3 is 14.5 Å². The first-order chi connectivity index (χ1) is 12.8. The van der Waals surface area contributed by atoms with E-state index in [4.69, 9.17) is 4.74 Å². The molecule has 2 aliphatic rings. The van der Waals surface area contributed by atoms with Crippen LogP contribution in [0.3, 0.4) is 0 Å². The van der Waals surface area contributed by atoms with Crippen LogP contribution in [0.15, 0.2) is 37.1 Å². The lowest BCUT2D eigenvalue weighted by Crippen LogP contribution is -2.49. The molecule has 2 aliphatic heterocycles. The number of hydrogen-bond acceptors (Lipinski definition) is 7. The third kappa shape index (κ3) is 2.44. The lowest BCUT2D eigenvalue weighted by Gasteiger charge is -2.39. The molecule has 3 aromatic heterocycles. The zero-order valence-corrected chi connectivity index (χ0v) is 14.7. The molecule has 26 heavy (non-hydrogen) atoms. The molecule has 0 spiro atoms. The zero-order valence-electron chi connectivity index (χ0n) is 14.7. The van der Waals surface area contributed by atoms with Gasteiger partial charge in [-0.2, -0.15) is 5.10 Å². The monoisotopic (exact) mass is 351 g/mol. The van der Waals surface area contributed by atoms with Crippen molar-refractivity contribution in [2.24, 2.45) is 5.92 Å². The van der Waals surface area contributed by atoms with Crippen molar-refractivity contribution in [3.63, 3.8) is 0 Å². The summed E-state index contributed by atoms with van der Waals surface area (Å²) in [6.07, 6.45) is 9.50. The van der Waals surface area contributed by atoms with Crippen LogP contribution in [0.4, 0.5) is 11.6 Å². The largest absolute Gasteiger partial charge is 0.481 e. The average Bonchev–Trinajstić information content (AvgIpc) is 3.34. The van der Waals surface area contributed by atoms with E-state index in [1.165, 1.54) is 6.42 Å². The summed E-state index contributed by atoms with van der Waals surface area (Å²) in [4.78, 5) is 18.0. The molecule has 3 aromatic rings. The van der Waals surface area contributed by atoms with E-state index in [-0.39, 0.29) is 0 Å². The minimum Gasteiger partial charge on any atom is -0.481 e. The molecule has 0 aromatic carbocycles. The van der Waals surface area contributed by atoms with E-state index in [1.807, 2.05) is 35.2 Å². The van der Waals surface area contributed by atoms with Crippen molar-refractivity contribution in [2.45, 2.75) is 18.9 Å². The summed E-state index contributed by atoms with van der Waals surface area (Å²) >= 11 is 0. The molecule has 8 heteroatoms. The van der Waals surface area contributed by atoms with Crippen LogP contribution in [0.5, 0.6) is 5.88 Å². The van der Waals surface area contributed by atoms with Gasteiger partial charge in [0.25, 0.3) is 0 Å². The summed E-state index contributed by atoms with van der Waals surface area (Å²) in [5.74, 6) is 3.25. The summed E-state index contributed by atoms with van der Waals surface area (Å²) < 4.78 is 7.15. The first-order valence-corrected chi connectivity index (χ1v) is 8.99. The van der Waals surface area contributed by atoms with Crippen molar-refractivity contribution in [2.75, 3.05) is 36.5 Å². The van der Waals surface area contributed by atoms with Crippen molar-refractivity contribution < 1.29 is 4.74 Å². The standard InChI is InChI=1S/C18H21N7O/c1-26-17-10-16(20-12-21-17)23-7-3-13-4-8-24(15(13)11-23)18-14-2-5-22-25(14)9-6-19-18/h2,5-6,9-10,12-13,15H,3-4,7-8,11H2,1H3. The predicted octanol–water partition coefficient (Wildman–Crippen LogP) is 1.63. The van der Waals surface area contributed by atoms with Crippen LogP contribution in [0, 0.1) is 5.92 Å². The second-order valence-corrected chi connectivity index (χ2v) is 6.87. The third-order valence-corrected chi connectivity index (χ3v) is 5.60. The molecule has 5 heterocycles. The number of piperidine rings is 1. The first kappa shape index (κ1) is 15.4. The molecule has 0 bridgehead atoms. The Morgan fingerprint density at radius 1 is 1.12 bits per heavy atom. The molecule has 0 aliphatic carbocycles. The highest BCUT2D eigenvalue weighted by Crippen LogP contribution is 2.36. The Hall–Kier alpha value is -2.90. The maximum Gasteiger partial charge on any atom is 0.218 e. The van der Waals surface area contributed by atoms with Gasteiger partial charge in [0.15, 0.2) is 5.82 Å². The number of methoxy groups -OCH3 is 1. The lowest BCUT2D eigenvalue weighted by atomic mass is 9.92. The molecule has 2 fully saturated rings. The Balaban J connectivity index is 1.45. The topological polar surface area (TPSA) is 71.7 Å². The van der Waals surface area contributed by atoms with E-state index >= 15 is 0 Å². The molecule has 134 valence electrons. The van der Waals surface area contributed by atoms with Crippen LogP contribution < -0.4 is 14.5 Å². The SMILES string of the molecule is COc1cc(N2CCC3CCN(c4nccn5nccc45)C3C2)ncn1. The van der Waals surface area contributed by atoms with Gasteiger partial charge in [-0.1, -0.05) is 0 Å². The third-order valence-electron chi connectivity index (χ3n) is 5.60. The van der Waals surface area contributed by atoms with Gasteiger partial charge in [-0.3, -0.25) is 0 Å². The fourth-order valence-electron chi connectivity index (χ4n) is 4.29.